The lowest BCUT2D eigenvalue weighted by Crippen LogP contribution is -2.32. The van der Waals surface area contributed by atoms with E-state index in [9.17, 15) is 4.79 Å². The molecule has 23 heavy (non-hydrogen) atoms. The molecule has 1 aromatic rings. The number of rotatable bonds is 7. The maximum atomic E-state index is 12.2. The summed E-state index contributed by atoms with van der Waals surface area (Å²) in [5.74, 6) is 1.20. The van der Waals surface area contributed by atoms with E-state index in [0.29, 0.717) is 11.5 Å². The number of anilines is 1. The second-order valence-corrected chi connectivity index (χ2v) is 6.25. The van der Waals surface area contributed by atoms with E-state index in [1.165, 1.54) is 31.3 Å². The molecule has 2 rings (SSSR count). The molecule has 5 nitrogen and oxygen atoms in total. The number of aryl methyl sites for hydroxylation is 1. The molecule has 1 unspecified atom stereocenters. The van der Waals surface area contributed by atoms with Gasteiger partial charge in [-0.05, 0) is 52.4 Å². The molecule has 0 radical (unpaired) electrons. The highest BCUT2D eigenvalue weighted by atomic mass is 16.1. The minimum absolute atomic E-state index is 0.136. The SMILES string of the molecule is CCC(C)NC(=O)c1cc(NCCC2=CCCCC2)nc(C)n1. The van der Waals surface area contributed by atoms with Gasteiger partial charge in [0.05, 0.1) is 0 Å². The zero-order valence-electron chi connectivity index (χ0n) is 14.5. The summed E-state index contributed by atoms with van der Waals surface area (Å²) in [7, 11) is 0. The van der Waals surface area contributed by atoms with Crippen molar-refractivity contribution in [2.75, 3.05) is 11.9 Å². The first-order valence-corrected chi connectivity index (χ1v) is 8.66. The summed E-state index contributed by atoms with van der Waals surface area (Å²) in [4.78, 5) is 20.8. The maximum Gasteiger partial charge on any atom is 0.270 e. The Morgan fingerprint density at radius 1 is 1.35 bits per heavy atom. The largest absolute Gasteiger partial charge is 0.370 e. The van der Waals surface area contributed by atoms with Gasteiger partial charge in [-0.3, -0.25) is 4.79 Å². The fourth-order valence-corrected chi connectivity index (χ4v) is 2.66. The third-order valence-corrected chi connectivity index (χ3v) is 4.20. The van der Waals surface area contributed by atoms with E-state index in [2.05, 4.69) is 26.7 Å². The van der Waals surface area contributed by atoms with Crippen LogP contribution in [0.3, 0.4) is 0 Å². The average molecular weight is 316 g/mol. The van der Waals surface area contributed by atoms with Crippen molar-refractivity contribution in [2.24, 2.45) is 0 Å². The molecule has 0 saturated heterocycles. The summed E-state index contributed by atoms with van der Waals surface area (Å²) in [6.45, 7) is 6.69. The number of nitrogens with zero attached hydrogens (tertiary/aromatic N) is 2. The second-order valence-electron chi connectivity index (χ2n) is 6.25. The highest BCUT2D eigenvalue weighted by Gasteiger charge is 2.12. The average Bonchev–Trinajstić information content (AvgIpc) is 2.55. The third-order valence-electron chi connectivity index (χ3n) is 4.20. The molecule has 1 aliphatic carbocycles. The number of hydrogen-bond acceptors (Lipinski definition) is 4. The topological polar surface area (TPSA) is 66.9 Å². The Morgan fingerprint density at radius 3 is 2.87 bits per heavy atom. The second kappa shape index (κ2) is 8.65. The highest BCUT2D eigenvalue weighted by Crippen LogP contribution is 2.20. The fourth-order valence-electron chi connectivity index (χ4n) is 2.66. The standard InChI is InChI=1S/C18H28N4O/c1-4-13(2)20-18(23)16-12-17(22-14(3)21-16)19-11-10-15-8-6-5-7-9-15/h8,12-13H,4-7,9-11H2,1-3H3,(H,20,23)(H,19,21,22). The Kier molecular flexibility index (Phi) is 6.56. The van der Waals surface area contributed by atoms with Crippen LogP contribution in [-0.4, -0.2) is 28.5 Å². The molecule has 0 aliphatic heterocycles. The van der Waals surface area contributed by atoms with E-state index < -0.39 is 0 Å². The first-order chi connectivity index (χ1) is 11.1. The molecule has 126 valence electrons. The van der Waals surface area contributed by atoms with Gasteiger partial charge >= 0.3 is 0 Å². The van der Waals surface area contributed by atoms with Gasteiger partial charge in [0.15, 0.2) is 0 Å². The van der Waals surface area contributed by atoms with Crippen LogP contribution in [0.15, 0.2) is 17.7 Å². The maximum absolute atomic E-state index is 12.2. The van der Waals surface area contributed by atoms with Crippen LogP contribution in [0.2, 0.25) is 0 Å². The summed E-state index contributed by atoms with van der Waals surface area (Å²) in [6, 6.07) is 1.88. The van der Waals surface area contributed by atoms with E-state index in [-0.39, 0.29) is 11.9 Å². The summed E-state index contributed by atoms with van der Waals surface area (Å²) in [5, 5.41) is 6.27. The van der Waals surface area contributed by atoms with Crippen LogP contribution in [0.4, 0.5) is 5.82 Å². The van der Waals surface area contributed by atoms with E-state index in [4.69, 9.17) is 0 Å². The summed E-state index contributed by atoms with van der Waals surface area (Å²) < 4.78 is 0. The Bertz CT molecular complexity index is 568. The number of nitrogens with one attached hydrogen (secondary N) is 2. The van der Waals surface area contributed by atoms with Crippen LogP contribution in [0.25, 0.3) is 0 Å². The van der Waals surface area contributed by atoms with Gasteiger partial charge in [-0.2, -0.15) is 0 Å². The van der Waals surface area contributed by atoms with Crippen molar-refractivity contribution in [1.82, 2.24) is 15.3 Å². The number of allylic oxidation sites excluding steroid dienone is 1. The monoisotopic (exact) mass is 316 g/mol. The normalized spacial score (nSPS) is 15.7. The number of hydrogen-bond donors (Lipinski definition) is 2. The zero-order chi connectivity index (χ0) is 16.7. The lowest BCUT2D eigenvalue weighted by atomic mass is 9.97. The number of aromatic nitrogens is 2. The van der Waals surface area contributed by atoms with Gasteiger partial charge in [-0.15, -0.1) is 0 Å². The molecule has 0 spiro atoms. The molecule has 0 fully saturated rings. The number of carbonyl (C=O) groups excluding carboxylic acids is 1. The Hall–Kier alpha value is -1.91. The van der Waals surface area contributed by atoms with Crippen molar-refractivity contribution in [2.45, 2.75) is 65.3 Å². The smallest absolute Gasteiger partial charge is 0.270 e. The van der Waals surface area contributed by atoms with Gasteiger partial charge in [-0.25, -0.2) is 9.97 Å². The van der Waals surface area contributed by atoms with Crippen molar-refractivity contribution < 1.29 is 4.79 Å². The quantitative estimate of drug-likeness (QED) is 0.754. The predicted octanol–water partition coefficient (Wildman–Crippen LogP) is 3.62. The van der Waals surface area contributed by atoms with Crippen molar-refractivity contribution in [1.29, 1.82) is 0 Å². The van der Waals surface area contributed by atoms with E-state index in [0.717, 1.165) is 25.2 Å². The van der Waals surface area contributed by atoms with Crippen molar-refractivity contribution in [3.05, 3.63) is 29.2 Å². The zero-order valence-corrected chi connectivity index (χ0v) is 14.5. The van der Waals surface area contributed by atoms with E-state index in [1.54, 1.807) is 6.07 Å². The highest BCUT2D eigenvalue weighted by molar-refractivity contribution is 5.93. The minimum atomic E-state index is -0.136. The molecule has 2 N–H and O–H groups in total. The van der Waals surface area contributed by atoms with Crippen LogP contribution in [0.1, 0.15) is 68.7 Å². The molecule has 1 atom stereocenters. The molecule has 1 aliphatic rings. The Morgan fingerprint density at radius 2 is 2.17 bits per heavy atom. The van der Waals surface area contributed by atoms with E-state index in [1.807, 2.05) is 20.8 Å². The molecule has 0 saturated carbocycles. The molecular formula is C18H28N4O. The van der Waals surface area contributed by atoms with Crippen molar-refractivity contribution in [3.63, 3.8) is 0 Å². The predicted molar refractivity (Wildman–Crippen MR) is 93.6 cm³/mol. The van der Waals surface area contributed by atoms with Gasteiger partial charge in [0.25, 0.3) is 5.91 Å². The van der Waals surface area contributed by atoms with Crippen LogP contribution in [0.5, 0.6) is 0 Å². The molecule has 1 heterocycles. The van der Waals surface area contributed by atoms with Gasteiger partial charge in [0.1, 0.15) is 17.3 Å². The number of amides is 1. The summed E-state index contributed by atoms with van der Waals surface area (Å²) >= 11 is 0. The molecule has 0 aromatic carbocycles. The van der Waals surface area contributed by atoms with Crippen molar-refractivity contribution in [3.8, 4) is 0 Å². The van der Waals surface area contributed by atoms with Gasteiger partial charge in [-0.1, -0.05) is 18.6 Å². The van der Waals surface area contributed by atoms with E-state index >= 15 is 0 Å². The lowest BCUT2D eigenvalue weighted by molar-refractivity contribution is 0.0934. The summed E-state index contributed by atoms with van der Waals surface area (Å²) in [5.41, 5.74) is 1.96. The van der Waals surface area contributed by atoms with Crippen LogP contribution >= 0.6 is 0 Å². The number of carbonyl (C=O) groups is 1. The van der Waals surface area contributed by atoms with Gasteiger partial charge < -0.3 is 10.6 Å². The Labute approximate surface area is 139 Å². The molecule has 1 aromatic heterocycles. The molecule has 1 amide bonds. The molecule has 0 bridgehead atoms. The first kappa shape index (κ1) is 17.4. The Balaban J connectivity index is 1.93. The molecule has 5 heteroatoms. The molecular weight excluding hydrogens is 288 g/mol. The van der Waals surface area contributed by atoms with Crippen LogP contribution < -0.4 is 10.6 Å². The van der Waals surface area contributed by atoms with Gasteiger partial charge in [0, 0.05) is 18.7 Å². The van der Waals surface area contributed by atoms with Crippen LogP contribution in [-0.2, 0) is 0 Å². The lowest BCUT2D eigenvalue weighted by Gasteiger charge is -2.14. The first-order valence-electron chi connectivity index (χ1n) is 8.66. The fraction of sp³-hybridized carbons (Fsp3) is 0.611. The third kappa shape index (κ3) is 5.66. The van der Waals surface area contributed by atoms with Gasteiger partial charge in [0.2, 0.25) is 0 Å². The summed E-state index contributed by atoms with van der Waals surface area (Å²) in [6.07, 6.45) is 9.35. The van der Waals surface area contributed by atoms with Crippen LogP contribution in [0, 0.1) is 6.92 Å². The van der Waals surface area contributed by atoms with Crippen molar-refractivity contribution >= 4 is 11.7 Å². The minimum Gasteiger partial charge on any atom is -0.370 e.